The Bertz CT molecular complexity index is 604. The lowest BCUT2D eigenvalue weighted by atomic mass is 10.2. The maximum Gasteiger partial charge on any atom is 0.347 e. The molecule has 0 fully saturated rings. The van der Waals surface area contributed by atoms with Crippen molar-refractivity contribution in [1.29, 1.82) is 0 Å². The van der Waals surface area contributed by atoms with Gasteiger partial charge in [-0.3, -0.25) is 10.1 Å². The maximum atomic E-state index is 13.5. The summed E-state index contributed by atoms with van der Waals surface area (Å²) in [7, 11) is 0. The molecular formula is C13H9BrFNO3. The summed E-state index contributed by atoms with van der Waals surface area (Å²) in [6.07, 6.45) is 0. The van der Waals surface area contributed by atoms with Crippen molar-refractivity contribution in [2.75, 3.05) is 0 Å². The van der Waals surface area contributed by atoms with Gasteiger partial charge in [0.2, 0.25) is 11.6 Å². The molecule has 0 aliphatic carbocycles. The number of nitro groups is 1. The van der Waals surface area contributed by atoms with Crippen LogP contribution in [0, 0.1) is 15.9 Å². The second-order valence-corrected chi connectivity index (χ2v) is 4.59. The Labute approximate surface area is 117 Å². The van der Waals surface area contributed by atoms with Crippen molar-refractivity contribution in [3.8, 4) is 5.75 Å². The summed E-state index contributed by atoms with van der Waals surface area (Å²) in [5.41, 5.74) is 0.179. The topological polar surface area (TPSA) is 52.4 Å². The first-order valence-corrected chi connectivity index (χ1v) is 6.18. The van der Waals surface area contributed by atoms with E-state index >= 15 is 0 Å². The summed E-state index contributed by atoms with van der Waals surface area (Å²) in [4.78, 5) is 10.1. The minimum atomic E-state index is -0.920. The number of nitrogens with zero attached hydrogens (tertiary/aromatic N) is 1. The van der Waals surface area contributed by atoms with E-state index in [9.17, 15) is 14.5 Å². The molecule has 0 atom stereocenters. The average Bonchev–Trinajstić information content (AvgIpc) is 2.40. The molecule has 2 aromatic carbocycles. The van der Waals surface area contributed by atoms with Crippen molar-refractivity contribution in [2.24, 2.45) is 0 Å². The minimum absolute atomic E-state index is 0.103. The van der Waals surface area contributed by atoms with Crippen LogP contribution in [0.5, 0.6) is 5.75 Å². The number of nitro benzene ring substituents is 1. The second-order valence-electron chi connectivity index (χ2n) is 3.74. The molecule has 0 saturated carbocycles. The van der Waals surface area contributed by atoms with Crippen LogP contribution in [0.1, 0.15) is 5.56 Å². The molecule has 2 aromatic rings. The summed E-state index contributed by atoms with van der Waals surface area (Å²) in [5.74, 6) is -1.02. The SMILES string of the molecule is O=[N+]([O-])c1c(F)ccc(Br)c1OCc1ccccc1. The Kier molecular flexibility index (Phi) is 4.11. The molecule has 0 amide bonds. The smallest absolute Gasteiger partial charge is 0.347 e. The van der Waals surface area contributed by atoms with Gasteiger partial charge in [-0.1, -0.05) is 30.3 Å². The number of hydrogen-bond donors (Lipinski definition) is 0. The Morgan fingerprint density at radius 2 is 1.89 bits per heavy atom. The van der Waals surface area contributed by atoms with E-state index in [0.29, 0.717) is 4.47 Å². The third-order valence-electron chi connectivity index (χ3n) is 2.44. The fraction of sp³-hybridized carbons (Fsp3) is 0.0769. The zero-order valence-corrected chi connectivity index (χ0v) is 11.3. The van der Waals surface area contributed by atoms with Gasteiger partial charge in [0.1, 0.15) is 6.61 Å². The third-order valence-corrected chi connectivity index (χ3v) is 3.07. The summed E-state index contributed by atoms with van der Waals surface area (Å²) >= 11 is 3.13. The van der Waals surface area contributed by atoms with E-state index in [1.807, 2.05) is 30.3 Å². The molecule has 2 rings (SSSR count). The van der Waals surface area contributed by atoms with Crippen LogP contribution in [-0.4, -0.2) is 4.92 Å². The van der Waals surface area contributed by atoms with E-state index in [4.69, 9.17) is 4.74 Å². The van der Waals surface area contributed by atoms with Gasteiger partial charge in [0.25, 0.3) is 0 Å². The quantitative estimate of drug-likeness (QED) is 0.628. The molecule has 0 aliphatic rings. The van der Waals surface area contributed by atoms with E-state index in [1.54, 1.807) is 0 Å². The second kappa shape index (κ2) is 5.79. The fourth-order valence-corrected chi connectivity index (χ4v) is 1.99. The molecule has 6 heteroatoms. The molecule has 0 aliphatic heterocycles. The van der Waals surface area contributed by atoms with Gasteiger partial charge >= 0.3 is 5.69 Å². The summed E-state index contributed by atoms with van der Waals surface area (Å²) in [6.45, 7) is 0.129. The van der Waals surface area contributed by atoms with E-state index in [-0.39, 0.29) is 12.4 Å². The molecule has 0 saturated heterocycles. The van der Waals surface area contributed by atoms with Crippen LogP contribution in [0.2, 0.25) is 0 Å². The Hall–Kier alpha value is -1.95. The number of hydrogen-bond acceptors (Lipinski definition) is 3. The van der Waals surface area contributed by atoms with Crippen LogP contribution in [0.4, 0.5) is 10.1 Å². The predicted octanol–water partition coefficient (Wildman–Crippen LogP) is 4.08. The highest BCUT2D eigenvalue weighted by Crippen LogP contribution is 2.37. The van der Waals surface area contributed by atoms with Gasteiger partial charge in [-0.15, -0.1) is 0 Å². The van der Waals surface area contributed by atoms with Crippen molar-refractivity contribution >= 4 is 21.6 Å². The van der Waals surface area contributed by atoms with Gasteiger partial charge in [0.05, 0.1) is 9.40 Å². The van der Waals surface area contributed by atoms with Gasteiger partial charge < -0.3 is 4.74 Å². The largest absolute Gasteiger partial charge is 0.481 e. The van der Waals surface area contributed by atoms with Crippen LogP contribution in [0.25, 0.3) is 0 Å². The lowest BCUT2D eigenvalue weighted by Gasteiger charge is -2.09. The van der Waals surface area contributed by atoms with Crippen LogP contribution >= 0.6 is 15.9 Å². The van der Waals surface area contributed by atoms with Gasteiger partial charge in [0, 0.05) is 0 Å². The maximum absolute atomic E-state index is 13.5. The summed E-state index contributed by atoms with van der Waals surface area (Å²) < 4.78 is 19.2. The predicted molar refractivity (Wildman–Crippen MR) is 71.5 cm³/mol. The van der Waals surface area contributed by atoms with Gasteiger partial charge in [-0.2, -0.15) is 4.39 Å². The first-order valence-electron chi connectivity index (χ1n) is 5.38. The number of rotatable bonds is 4. The molecule has 0 N–H and O–H groups in total. The monoisotopic (exact) mass is 325 g/mol. The van der Waals surface area contributed by atoms with Crippen molar-refractivity contribution in [3.05, 3.63) is 68.4 Å². The van der Waals surface area contributed by atoms with E-state index in [0.717, 1.165) is 11.6 Å². The molecule has 0 aromatic heterocycles. The molecule has 98 valence electrons. The van der Waals surface area contributed by atoms with Crippen LogP contribution in [-0.2, 0) is 6.61 Å². The Balaban J connectivity index is 2.29. The Morgan fingerprint density at radius 3 is 2.53 bits per heavy atom. The molecule has 19 heavy (non-hydrogen) atoms. The Morgan fingerprint density at radius 1 is 1.21 bits per heavy atom. The van der Waals surface area contributed by atoms with Crippen molar-refractivity contribution < 1.29 is 14.1 Å². The number of halogens is 2. The zero-order valence-electron chi connectivity index (χ0n) is 9.68. The third kappa shape index (κ3) is 3.08. The van der Waals surface area contributed by atoms with E-state index in [2.05, 4.69) is 15.9 Å². The van der Waals surface area contributed by atoms with Gasteiger partial charge in [-0.25, -0.2) is 0 Å². The average molecular weight is 326 g/mol. The highest BCUT2D eigenvalue weighted by molar-refractivity contribution is 9.10. The van der Waals surface area contributed by atoms with Crippen molar-refractivity contribution in [1.82, 2.24) is 0 Å². The van der Waals surface area contributed by atoms with Gasteiger partial charge in [0.15, 0.2) is 0 Å². The molecule has 0 heterocycles. The molecule has 0 spiro atoms. The number of benzene rings is 2. The fourth-order valence-electron chi connectivity index (χ4n) is 1.56. The molecular weight excluding hydrogens is 317 g/mol. The van der Waals surface area contributed by atoms with E-state index in [1.165, 1.54) is 6.07 Å². The molecule has 0 unspecified atom stereocenters. The summed E-state index contributed by atoms with van der Waals surface area (Å²) in [6, 6.07) is 11.5. The lowest BCUT2D eigenvalue weighted by Crippen LogP contribution is -2.01. The highest BCUT2D eigenvalue weighted by atomic mass is 79.9. The van der Waals surface area contributed by atoms with Crippen LogP contribution in [0.3, 0.4) is 0 Å². The lowest BCUT2D eigenvalue weighted by molar-refractivity contribution is -0.388. The van der Waals surface area contributed by atoms with Crippen LogP contribution in [0.15, 0.2) is 46.9 Å². The minimum Gasteiger partial charge on any atom is -0.481 e. The first-order chi connectivity index (χ1) is 9.09. The summed E-state index contributed by atoms with van der Waals surface area (Å²) in [5, 5.41) is 10.9. The first kappa shape index (κ1) is 13.5. The van der Waals surface area contributed by atoms with E-state index < -0.39 is 16.4 Å². The normalized spacial score (nSPS) is 10.2. The molecule has 0 bridgehead atoms. The molecule has 4 nitrogen and oxygen atoms in total. The van der Waals surface area contributed by atoms with Crippen molar-refractivity contribution in [3.63, 3.8) is 0 Å². The van der Waals surface area contributed by atoms with Crippen LogP contribution < -0.4 is 4.74 Å². The highest BCUT2D eigenvalue weighted by Gasteiger charge is 2.24. The van der Waals surface area contributed by atoms with Crippen molar-refractivity contribution in [2.45, 2.75) is 6.61 Å². The molecule has 0 radical (unpaired) electrons. The number of ether oxygens (including phenoxy) is 1. The van der Waals surface area contributed by atoms with Gasteiger partial charge in [-0.05, 0) is 33.6 Å². The zero-order chi connectivity index (χ0) is 13.8. The standard InChI is InChI=1S/C13H9BrFNO3/c14-10-6-7-11(15)12(16(17)18)13(10)19-8-9-4-2-1-3-5-9/h1-7H,8H2.